The molecule has 2 aliphatic rings. The number of hydrogen-bond acceptors (Lipinski definition) is 12. The zero-order valence-corrected chi connectivity index (χ0v) is 28.5. The summed E-state index contributed by atoms with van der Waals surface area (Å²) in [6, 6.07) is 11.3. The van der Waals surface area contributed by atoms with Crippen LogP contribution >= 0.6 is 11.3 Å². The number of ether oxygens (including phenoxy) is 2. The van der Waals surface area contributed by atoms with E-state index in [2.05, 4.69) is 15.2 Å². The number of benzene rings is 1. The van der Waals surface area contributed by atoms with Crippen molar-refractivity contribution in [3.05, 3.63) is 64.3 Å². The molecule has 0 saturated carbocycles. The maximum Gasteiger partial charge on any atom is 0.418 e. The molecule has 0 unspecified atom stereocenters. The zero-order valence-electron chi connectivity index (χ0n) is 27.6. The number of nitrogens with zero attached hydrogens (tertiary/aromatic N) is 6. The van der Waals surface area contributed by atoms with E-state index in [0.717, 1.165) is 28.0 Å². The Bertz CT molecular complexity index is 1840. The topological polar surface area (TPSA) is 152 Å². The molecule has 6 rings (SSSR count). The van der Waals surface area contributed by atoms with Crippen LogP contribution < -0.4 is 15.1 Å². The normalized spacial score (nSPS) is 15.1. The lowest BCUT2D eigenvalue weighted by atomic mass is 10.1. The Morgan fingerprint density at radius 1 is 1.06 bits per heavy atom. The molecule has 3 aromatic heterocycles. The molecular weight excluding hydrogens is 634 g/mol. The lowest BCUT2D eigenvalue weighted by Crippen LogP contribution is -2.37. The predicted octanol–water partition coefficient (Wildman–Crippen LogP) is 5.46. The first-order valence-electron chi connectivity index (χ1n) is 16.0. The Labute approximate surface area is 282 Å². The van der Waals surface area contributed by atoms with Gasteiger partial charge in [0.25, 0.3) is 0 Å². The Hall–Kier alpha value is -4.82. The first-order chi connectivity index (χ1) is 22.9. The monoisotopic (exact) mass is 673 g/mol. The van der Waals surface area contributed by atoms with Crippen molar-refractivity contribution in [2.24, 2.45) is 0 Å². The summed E-state index contributed by atoms with van der Waals surface area (Å²) in [6.45, 7) is 10.7. The van der Waals surface area contributed by atoms with Crippen LogP contribution in [0.4, 0.5) is 27.5 Å². The summed E-state index contributed by atoms with van der Waals surface area (Å²) in [7, 11) is 0. The highest BCUT2D eigenvalue weighted by Crippen LogP contribution is 2.38. The third-order valence-electron chi connectivity index (χ3n) is 8.02. The molecule has 2 aliphatic heterocycles. The molecule has 0 radical (unpaired) electrons. The number of aromatic nitrogens is 4. The first-order valence-corrected chi connectivity index (χ1v) is 16.8. The molecule has 0 spiro atoms. The van der Waals surface area contributed by atoms with Crippen LogP contribution in [0.5, 0.6) is 0 Å². The maximum atomic E-state index is 13.5. The van der Waals surface area contributed by atoms with Crippen LogP contribution in [0, 0.1) is 6.92 Å². The average molecular weight is 674 g/mol. The number of rotatable bonds is 8. The largest absolute Gasteiger partial charge is 0.462 e. The fourth-order valence-electron chi connectivity index (χ4n) is 5.75. The number of aryl methyl sites for hydroxylation is 1. The van der Waals surface area contributed by atoms with Gasteiger partial charge in [0.05, 0.1) is 37.1 Å². The zero-order chi connectivity index (χ0) is 34.2. The van der Waals surface area contributed by atoms with Crippen molar-refractivity contribution in [2.75, 3.05) is 34.8 Å². The number of nitrogens with one attached hydrogen (secondary N) is 1. The van der Waals surface area contributed by atoms with E-state index in [1.54, 1.807) is 31.0 Å². The van der Waals surface area contributed by atoms with Crippen molar-refractivity contribution in [2.45, 2.75) is 72.1 Å². The maximum absolute atomic E-state index is 13.5. The Morgan fingerprint density at radius 3 is 2.46 bits per heavy atom. The number of carbonyl (C=O) groups excluding carboxylic acids is 3. The van der Waals surface area contributed by atoms with Crippen LogP contribution in [-0.4, -0.2) is 74.0 Å². The highest BCUT2D eigenvalue weighted by atomic mass is 32.1. The molecule has 4 aromatic rings. The van der Waals surface area contributed by atoms with Crippen molar-refractivity contribution in [3.8, 4) is 11.3 Å². The Morgan fingerprint density at radius 2 is 1.77 bits per heavy atom. The van der Waals surface area contributed by atoms with E-state index in [9.17, 15) is 19.5 Å². The molecule has 48 heavy (non-hydrogen) atoms. The first kappa shape index (κ1) is 33.1. The molecule has 0 atom stereocenters. The molecule has 252 valence electrons. The number of fused-ring (bicyclic) bond motifs is 1. The van der Waals surface area contributed by atoms with Crippen molar-refractivity contribution in [3.63, 3.8) is 0 Å². The summed E-state index contributed by atoms with van der Waals surface area (Å²) in [5.74, 6) is 0.843. The number of esters is 1. The van der Waals surface area contributed by atoms with Gasteiger partial charge in [-0.15, -0.1) is 0 Å². The molecule has 1 amide bonds. The molecule has 1 fully saturated rings. The van der Waals surface area contributed by atoms with Gasteiger partial charge < -0.3 is 19.5 Å². The second kappa shape index (κ2) is 13.4. The number of aliphatic hydroxyl groups excluding tert-OH is 1. The number of carbonyl (C=O) groups is 3. The third kappa shape index (κ3) is 7.04. The van der Waals surface area contributed by atoms with E-state index in [-0.39, 0.29) is 37.5 Å². The van der Waals surface area contributed by atoms with E-state index < -0.39 is 17.7 Å². The van der Waals surface area contributed by atoms with Crippen LogP contribution in [0.2, 0.25) is 0 Å². The van der Waals surface area contributed by atoms with E-state index in [1.165, 1.54) is 4.57 Å². The van der Waals surface area contributed by atoms with Crippen molar-refractivity contribution < 1.29 is 29.0 Å². The van der Waals surface area contributed by atoms with Gasteiger partial charge in [-0.05, 0) is 70.7 Å². The number of aliphatic hydroxyl groups is 1. The van der Waals surface area contributed by atoms with Crippen LogP contribution in [0.25, 0.3) is 11.3 Å². The summed E-state index contributed by atoms with van der Waals surface area (Å²) in [5.41, 5.74) is 3.04. The van der Waals surface area contributed by atoms with Crippen LogP contribution in [0.15, 0.2) is 42.6 Å². The highest BCUT2D eigenvalue weighted by molar-refractivity contribution is 7.17. The fraction of sp³-hybridized carbons (Fsp3) is 0.412. The number of piperidine rings is 1. The van der Waals surface area contributed by atoms with Crippen LogP contribution in [-0.2, 0) is 27.2 Å². The second-order valence-electron chi connectivity index (χ2n) is 12.8. The molecule has 0 aliphatic carbocycles. The minimum Gasteiger partial charge on any atom is -0.462 e. The SMILES string of the molecule is CCOC(=O)c1sc(Nc2nc(N3CCC(O)CC3)c3c(n2)N(Cc2ccc(-c4cccn4C(=O)OC(C)(C)C)cc2)C(=O)C3)nc1C. The number of anilines is 4. The number of thiazole rings is 1. The molecule has 2 N–H and O–H groups in total. The van der Waals surface area contributed by atoms with Gasteiger partial charge in [0.15, 0.2) is 5.13 Å². The molecule has 13 nitrogen and oxygen atoms in total. The molecule has 1 aromatic carbocycles. The number of hydrogen-bond donors (Lipinski definition) is 2. The van der Waals surface area contributed by atoms with E-state index in [4.69, 9.17) is 19.4 Å². The lowest BCUT2D eigenvalue weighted by Gasteiger charge is -2.31. The quantitative estimate of drug-likeness (QED) is 0.229. The molecule has 1 saturated heterocycles. The van der Waals surface area contributed by atoms with Crippen LogP contribution in [0.3, 0.4) is 0 Å². The number of amides is 1. The standard InChI is InChI=1S/C34H39N7O6S/c1-6-46-30(44)27-20(2)35-32(48-27)38-31-36-28(39-16-13-23(42)14-17-39)24-18-26(43)41(29(24)37-31)19-21-9-11-22(12-10-21)25-8-7-15-40(25)33(45)47-34(3,4)5/h7-12,15,23,42H,6,13-14,16-19H2,1-5H3,(H,35,36,37,38). The minimum atomic E-state index is -0.625. The summed E-state index contributed by atoms with van der Waals surface area (Å²) in [4.78, 5) is 56.9. The van der Waals surface area contributed by atoms with Gasteiger partial charge in [-0.3, -0.25) is 19.6 Å². The summed E-state index contributed by atoms with van der Waals surface area (Å²) >= 11 is 1.15. The smallest absolute Gasteiger partial charge is 0.418 e. The van der Waals surface area contributed by atoms with Gasteiger partial charge >= 0.3 is 12.1 Å². The highest BCUT2D eigenvalue weighted by Gasteiger charge is 2.35. The van der Waals surface area contributed by atoms with Gasteiger partial charge in [-0.25, -0.2) is 14.6 Å². The summed E-state index contributed by atoms with van der Waals surface area (Å²) in [6.07, 6.45) is 2.18. The Kier molecular flexibility index (Phi) is 9.21. The summed E-state index contributed by atoms with van der Waals surface area (Å²) in [5, 5.41) is 13.7. The van der Waals surface area contributed by atoms with Gasteiger partial charge in [-0.2, -0.15) is 9.97 Å². The molecule has 0 bridgehead atoms. The molecule has 5 heterocycles. The van der Waals surface area contributed by atoms with Crippen molar-refractivity contribution in [1.29, 1.82) is 0 Å². The fourth-order valence-corrected chi connectivity index (χ4v) is 6.60. The van der Waals surface area contributed by atoms with Gasteiger partial charge in [0, 0.05) is 24.8 Å². The Balaban J connectivity index is 1.28. The van der Waals surface area contributed by atoms with Gasteiger partial charge in [-0.1, -0.05) is 35.6 Å². The van der Waals surface area contributed by atoms with Gasteiger partial charge in [0.1, 0.15) is 22.1 Å². The van der Waals surface area contributed by atoms with Crippen molar-refractivity contribution in [1.82, 2.24) is 19.5 Å². The average Bonchev–Trinajstić information content (AvgIpc) is 3.75. The van der Waals surface area contributed by atoms with E-state index >= 15 is 0 Å². The van der Waals surface area contributed by atoms with Gasteiger partial charge in [0.2, 0.25) is 11.9 Å². The van der Waals surface area contributed by atoms with Crippen molar-refractivity contribution >= 4 is 52.0 Å². The summed E-state index contributed by atoms with van der Waals surface area (Å²) < 4.78 is 12.2. The van der Waals surface area contributed by atoms with Crippen LogP contribution in [0.1, 0.15) is 67.0 Å². The predicted molar refractivity (Wildman–Crippen MR) is 182 cm³/mol. The molecular formula is C34H39N7O6S. The third-order valence-corrected chi connectivity index (χ3v) is 9.07. The lowest BCUT2D eigenvalue weighted by molar-refractivity contribution is -0.117. The second-order valence-corrected chi connectivity index (χ2v) is 13.8. The van der Waals surface area contributed by atoms with E-state index in [0.29, 0.717) is 59.0 Å². The molecule has 14 heteroatoms. The minimum absolute atomic E-state index is 0.104. The van der Waals surface area contributed by atoms with E-state index in [1.807, 2.05) is 51.1 Å².